The molecular weight excluding hydrogens is 473 g/mol. The molecule has 0 bridgehead atoms. The van der Waals surface area contributed by atoms with Crippen molar-refractivity contribution in [2.24, 2.45) is 5.92 Å². The van der Waals surface area contributed by atoms with Crippen molar-refractivity contribution in [3.63, 3.8) is 0 Å². The SMILES string of the molecule is CCCCCC1CCC(c2ccc(-c3ccc(OCc4ccc(OCC)c(F)c4)cc3)c(F)c2F)CC1. The summed E-state index contributed by atoms with van der Waals surface area (Å²) in [6.45, 7) is 4.59. The van der Waals surface area contributed by atoms with E-state index in [0.29, 0.717) is 29.0 Å². The molecule has 0 N–H and O–H groups in total. The molecule has 0 unspecified atom stereocenters. The third-order valence-corrected chi connectivity index (χ3v) is 7.48. The van der Waals surface area contributed by atoms with Crippen LogP contribution in [0.5, 0.6) is 11.5 Å². The monoisotopic (exact) mass is 510 g/mol. The molecular formula is C32H37F3O2. The standard InChI is InChI=1S/C32H37F3O2/c1-3-5-6-7-22-8-11-24(12-9-22)27-17-18-28(32(35)31(27)34)25-13-15-26(16-14-25)37-21-23-10-19-30(36-4-2)29(33)20-23/h10,13-20,22,24H,3-9,11-12,21H2,1-2H3. The Hall–Kier alpha value is -2.95. The lowest BCUT2D eigenvalue weighted by molar-refractivity contribution is 0.298. The summed E-state index contributed by atoms with van der Waals surface area (Å²) in [5.74, 6) is -0.347. The topological polar surface area (TPSA) is 18.5 Å². The van der Waals surface area contributed by atoms with Gasteiger partial charge in [0, 0.05) is 5.56 Å². The Kier molecular flexibility index (Phi) is 9.54. The van der Waals surface area contributed by atoms with Crippen LogP contribution in [0.25, 0.3) is 11.1 Å². The van der Waals surface area contributed by atoms with Crippen LogP contribution in [-0.4, -0.2) is 6.61 Å². The molecule has 3 aromatic carbocycles. The van der Waals surface area contributed by atoms with E-state index in [1.165, 1.54) is 31.7 Å². The third-order valence-electron chi connectivity index (χ3n) is 7.48. The second-order valence-electron chi connectivity index (χ2n) is 10.1. The average molecular weight is 511 g/mol. The van der Waals surface area contributed by atoms with Gasteiger partial charge in [-0.2, -0.15) is 0 Å². The van der Waals surface area contributed by atoms with E-state index in [4.69, 9.17) is 9.47 Å². The number of unbranched alkanes of at least 4 members (excludes halogenated alkanes) is 2. The highest BCUT2D eigenvalue weighted by Crippen LogP contribution is 2.40. The van der Waals surface area contributed by atoms with Gasteiger partial charge in [0.25, 0.3) is 0 Å². The van der Waals surface area contributed by atoms with Gasteiger partial charge in [-0.25, -0.2) is 13.2 Å². The van der Waals surface area contributed by atoms with Gasteiger partial charge in [0.2, 0.25) is 0 Å². The van der Waals surface area contributed by atoms with Gasteiger partial charge in [-0.05, 0) is 85.4 Å². The average Bonchev–Trinajstić information content (AvgIpc) is 2.91. The van der Waals surface area contributed by atoms with Crippen molar-refractivity contribution in [1.29, 1.82) is 0 Å². The fourth-order valence-electron chi connectivity index (χ4n) is 5.35. The first-order valence-electron chi connectivity index (χ1n) is 13.6. The lowest BCUT2D eigenvalue weighted by Crippen LogP contribution is -2.15. The number of ether oxygens (including phenoxy) is 2. The molecule has 1 saturated carbocycles. The lowest BCUT2D eigenvalue weighted by atomic mass is 9.76. The molecule has 0 saturated heterocycles. The molecule has 2 nitrogen and oxygen atoms in total. The quantitative estimate of drug-likeness (QED) is 0.239. The van der Waals surface area contributed by atoms with E-state index < -0.39 is 17.5 Å². The summed E-state index contributed by atoms with van der Waals surface area (Å²) in [7, 11) is 0. The molecule has 1 aliphatic rings. The van der Waals surface area contributed by atoms with E-state index in [9.17, 15) is 4.39 Å². The third kappa shape index (κ3) is 6.88. The predicted octanol–water partition coefficient (Wildman–Crippen LogP) is 9.60. The van der Waals surface area contributed by atoms with E-state index in [2.05, 4.69) is 6.92 Å². The van der Waals surface area contributed by atoms with E-state index in [1.807, 2.05) is 0 Å². The van der Waals surface area contributed by atoms with Crippen LogP contribution < -0.4 is 9.47 Å². The number of hydrogen-bond donors (Lipinski definition) is 0. The van der Waals surface area contributed by atoms with Crippen LogP contribution in [0.2, 0.25) is 0 Å². The van der Waals surface area contributed by atoms with Crippen LogP contribution in [0.4, 0.5) is 13.2 Å². The van der Waals surface area contributed by atoms with E-state index in [0.717, 1.165) is 31.6 Å². The Morgan fingerprint density at radius 2 is 1.54 bits per heavy atom. The smallest absolute Gasteiger partial charge is 0.166 e. The van der Waals surface area contributed by atoms with Gasteiger partial charge in [-0.3, -0.25) is 0 Å². The zero-order chi connectivity index (χ0) is 26.2. The Balaban J connectivity index is 1.37. The highest BCUT2D eigenvalue weighted by Gasteiger charge is 2.26. The zero-order valence-corrected chi connectivity index (χ0v) is 21.9. The van der Waals surface area contributed by atoms with E-state index in [-0.39, 0.29) is 23.8 Å². The van der Waals surface area contributed by atoms with Crippen molar-refractivity contribution in [3.05, 3.63) is 83.2 Å². The Morgan fingerprint density at radius 1 is 0.784 bits per heavy atom. The Morgan fingerprint density at radius 3 is 2.22 bits per heavy atom. The number of benzene rings is 3. The zero-order valence-electron chi connectivity index (χ0n) is 21.9. The van der Waals surface area contributed by atoms with Crippen LogP contribution in [0.1, 0.15) is 82.3 Å². The number of halogens is 3. The van der Waals surface area contributed by atoms with Gasteiger partial charge in [-0.1, -0.05) is 62.9 Å². The van der Waals surface area contributed by atoms with Crippen LogP contribution in [0.3, 0.4) is 0 Å². The molecule has 1 fully saturated rings. The molecule has 0 atom stereocenters. The van der Waals surface area contributed by atoms with Gasteiger partial charge in [-0.15, -0.1) is 0 Å². The van der Waals surface area contributed by atoms with E-state index in [1.54, 1.807) is 55.5 Å². The largest absolute Gasteiger partial charge is 0.491 e. The lowest BCUT2D eigenvalue weighted by Gasteiger charge is -2.29. The first-order valence-corrected chi connectivity index (χ1v) is 13.6. The summed E-state index contributed by atoms with van der Waals surface area (Å²) in [5, 5.41) is 0. The maximum atomic E-state index is 15.1. The van der Waals surface area contributed by atoms with Crippen molar-refractivity contribution in [2.45, 2.75) is 77.7 Å². The molecule has 0 radical (unpaired) electrons. The van der Waals surface area contributed by atoms with Crippen molar-refractivity contribution in [3.8, 4) is 22.6 Å². The minimum Gasteiger partial charge on any atom is -0.491 e. The molecule has 198 valence electrons. The Bertz CT molecular complexity index is 1150. The minimum absolute atomic E-state index is 0.0918. The van der Waals surface area contributed by atoms with Gasteiger partial charge < -0.3 is 9.47 Å². The highest BCUT2D eigenvalue weighted by atomic mass is 19.2. The minimum atomic E-state index is -0.791. The van der Waals surface area contributed by atoms with Crippen LogP contribution >= 0.6 is 0 Å². The molecule has 1 aliphatic carbocycles. The normalized spacial score (nSPS) is 17.5. The van der Waals surface area contributed by atoms with Gasteiger partial charge in [0.05, 0.1) is 6.61 Å². The molecule has 37 heavy (non-hydrogen) atoms. The highest BCUT2D eigenvalue weighted by molar-refractivity contribution is 5.65. The van der Waals surface area contributed by atoms with Crippen LogP contribution in [-0.2, 0) is 6.61 Å². The molecule has 0 spiro atoms. The summed E-state index contributed by atoms with van der Waals surface area (Å²) in [4.78, 5) is 0. The summed E-state index contributed by atoms with van der Waals surface area (Å²) >= 11 is 0. The van der Waals surface area contributed by atoms with Gasteiger partial charge in [0.15, 0.2) is 23.2 Å². The molecule has 4 rings (SSSR count). The van der Waals surface area contributed by atoms with Gasteiger partial charge in [0.1, 0.15) is 12.4 Å². The fourth-order valence-corrected chi connectivity index (χ4v) is 5.35. The first kappa shape index (κ1) is 27.1. The Labute approximate surface area is 218 Å². The first-order chi connectivity index (χ1) is 18.0. The maximum absolute atomic E-state index is 15.1. The van der Waals surface area contributed by atoms with Crippen molar-refractivity contribution < 1.29 is 22.6 Å². The predicted molar refractivity (Wildman–Crippen MR) is 143 cm³/mol. The maximum Gasteiger partial charge on any atom is 0.166 e. The van der Waals surface area contributed by atoms with Crippen LogP contribution in [0, 0.1) is 23.4 Å². The van der Waals surface area contributed by atoms with Crippen LogP contribution in [0.15, 0.2) is 54.6 Å². The molecule has 0 heterocycles. The van der Waals surface area contributed by atoms with Crippen molar-refractivity contribution in [1.82, 2.24) is 0 Å². The second kappa shape index (κ2) is 13.0. The molecule has 3 aromatic rings. The molecule has 0 aliphatic heterocycles. The fraction of sp³-hybridized carbons (Fsp3) is 0.438. The summed E-state index contributed by atoms with van der Waals surface area (Å²) in [6.07, 6.45) is 9.09. The molecule has 0 aromatic heterocycles. The molecule has 0 amide bonds. The van der Waals surface area contributed by atoms with Crippen molar-refractivity contribution >= 4 is 0 Å². The van der Waals surface area contributed by atoms with Gasteiger partial charge >= 0.3 is 0 Å². The summed E-state index contributed by atoms with van der Waals surface area (Å²) < 4.78 is 55.3. The second-order valence-corrected chi connectivity index (χ2v) is 10.1. The summed E-state index contributed by atoms with van der Waals surface area (Å²) in [5.41, 5.74) is 2.01. The van der Waals surface area contributed by atoms with Crippen molar-refractivity contribution in [2.75, 3.05) is 6.61 Å². The van der Waals surface area contributed by atoms with E-state index >= 15 is 8.78 Å². The molecule has 5 heteroatoms. The number of rotatable bonds is 11. The number of hydrogen-bond acceptors (Lipinski definition) is 2. The summed E-state index contributed by atoms with van der Waals surface area (Å²) in [6, 6.07) is 15.0.